The summed E-state index contributed by atoms with van der Waals surface area (Å²) in [5.41, 5.74) is 4.85. The summed E-state index contributed by atoms with van der Waals surface area (Å²) in [5, 5.41) is 4.40. The third kappa shape index (κ3) is 3.66. The second-order valence-electron chi connectivity index (χ2n) is 7.00. The zero-order valence-corrected chi connectivity index (χ0v) is 18.4. The van der Waals surface area contributed by atoms with Crippen molar-refractivity contribution in [2.75, 3.05) is 12.4 Å². The van der Waals surface area contributed by atoms with Gasteiger partial charge in [0, 0.05) is 21.9 Å². The van der Waals surface area contributed by atoms with Gasteiger partial charge in [-0.05, 0) is 42.0 Å². The van der Waals surface area contributed by atoms with Crippen LogP contribution in [0.25, 0.3) is 27.8 Å². The van der Waals surface area contributed by atoms with E-state index in [9.17, 15) is 0 Å². The maximum absolute atomic E-state index is 5.51. The van der Waals surface area contributed by atoms with Gasteiger partial charge < -0.3 is 14.6 Å². The molecule has 1 N–H and O–H groups in total. The van der Waals surface area contributed by atoms with Crippen molar-refractivity contribution >= 4 is 38.5 Å². The first kappa shape index (κ1) is 19.3. The highest BCUT2D eigenvalue weighted by atomic mass is 79.9. The second kappa shape index (κ2) is 8.24. The van der Waals surface area contributed by atoms with E-state index >= 15 is 0 Å². The monoisotopic (exact) mass is 470 g/mol. The van der Waals surface area contributed by atoms with Crippen molar-refractivity contribution in [2.45, 2.75) is 0 Å². The van der Waals surface area contributed by atoms with E-state index in [4.69, 9.17) is 4.74 Å². The van der Waals surface area contributed by atoms with Crippen LogP contribution in [0.5, 0.6) is 5.75 Å². The van der Waals surface area contributed by atoms with Crippen LogP contribution in [0.15, 0.2) is 95.9 Å². The summed E-state index contributed by atoms with van der Waals surface area (Å²) in [5.74, 6) is 1.48. The van der Waals surface area contributed by atoms with E-state index in [1.165, 1.54) is 0 Å². The predicted octanol–water partition coefficient (Wildman–Crippen LogP) is 6.60. The Kier molecular flexibility index (Phi) is 5.14. The molecule has 6 heteroatoms. The maximum atomic E-state index is 5.51. The Morgan fingerprint density at radius 1 is 0.871 bits per heavy atom. The number of rotatable bonds is 5. The molecule has 2 aromatic heterocycles. The van der Waals surface area contributed by atoms with E-state index in [2.05, 4.69) is 66.2 Å². The van der Waals surface area contributed by atoms with E-state index in [-0.39, 0.29) is 0 Å². The van der Waals surface area contributed by atoms with Gasteiger partial charge in [0.2, 0.25) is 0 Å². The summed E-state index contributed by atoms with van der Waals surface area (Å²) >= 11 is 3.52. The molecule has 0 aliphatic heterocycles. The van der Waals surface area contributed by atoms with Gasteiger partial charge >= 0.3 is 0 Å². The number of hydrogen-bond donors (Lipinski definition) is 1. The molecule has 0 amide bonds. The lowest BCUT2D eigenvalue weighted by molar-refractivity contribution is 0.417. The molecule has 0 fully saturated rings. The summed E-state index contributed by atoms with van der Waals surface area (Å²) in [4.78, 5) is 9.23. The number of nitrogens with zero attached hydrogens (tertiary/aromatic N) is 3. The first-order chi connectivity index (χ1) is 15.2. The Bertz CT molecular complexity index is 1350. The fraction of sp³-hybridized carbons (Fsp3) is 0.0400. The molecule has 5 aromatic rings. The smallest absolute Gasteiger partial charge is 0.150 e. The lowest BCUT2D eigenvalue weighted by Gasteiger charge is -2.12. The summed E-state index contributed by atoms with van der Waals surface area (Å²) < 4.78 is 8.64. The molecule has 2 heterocycles. The Morgan fingerprint density at radius 3 is 2.39 bits per heavy atom. The van der Waals surface area contributed by atoms with Gasteiger partial charge in [0.15, 0.2) is 5.65 Å². The lowest BCUT2D eigenvalue weighted by atomic mass is 10.1. The minimum Gasteiger partial charge on any atom is -0.495 e. The lowest BCUT2D eigenvalue weighted by Crippen LogP contribution is -1.99. The van der Waals surface area contributed by atoms with E-state index in [1.54, 1.807) is 13.4 Å². The minimum absolute atomic E-state index is 0.726. The molecule has 5 nitrogen and oxygen atoms in total. The van der Waals surface area contributed by atoms with Crippen LogP contribution in [-0.2, 0) is 0 Å². The molecule has 31 heavy (non-hydrogen) atoms. The van der Waals surface area contributed by atoms with Crippen molar-refractivity contribution in [1.82, 2.24) is 14.5 Å². The van der Waals surface area contributed by atoms with Crippen LogP contribution in [-0.4, -0.2) is 21.6 Å². The van der Waals surface area contributed by atoms with E-state index in [1.807, 2.05) is 54.6 Å². The molecule has 0 bridgehead atoms. The molecule has 3 aromatic carbocycles. The van der Waals surface area contributed by atoms with Gasteiger partial charge in [0.25, 0.3) is 0 Å². The van der Waals surface area contributed by atoms with Crippen molar-refractivity contribution in [3.8, 4) is 22.6 Å². The molecule has 0 aliphatic rings. The standard InChI is InChI=1S/C25H19BrN4O/c1-31-22-10-6-5-9-21(22)29-24-23-20(17-7-3-2-4-8-17)15-30(25(23)28-16-27-24)19-13-11-18(26)12-14-19/h2-16H,1H3,(H,27,28,29). The second-order valence-corrected chi connectivity index (χ2v) is 7.92. The van der Waals surface area contributed by atoms with Crippen LogP contribution < -0.4 is 10.1 Å². The van der Waals surface area contributed by atoms with Crippen LogP contribution >= 0.6 is 15.9 Å². The van der Waals surface area contributed by atoms with Crippen LogP contribution in [0, 0.1) is 0 Å². The minimum atomic E-state index is 0.726. The fourth-order valence-electron chi connectivity index (χ4n) is 3.67. The fourth-order valence-corrected chi connectivity index (χ4v) is 3.93. The van der Waals surface area contributed by atoms with Gasteiger partial charge in [-0.1, -0.05) is 58.4 Å². The number of nitrogens with one attached hydrogen (secondary N) is 1. The summed E-state index contributed by atoms with van der Waals surface area (Å²) in [6.45, 7) is 0. The molecule has 0 saturated carbocycles. The first-order valence-electron chi connectivity index (χ1n) is 9.82. The van der Waals surface area contributed by atoms with E-state index in [0.717, 1.165) is 49.6 Å². The third-order valence-electron chi connectivity index (χ3n) is 5.13. The number of benzene rings is 3. The van der Waals surface area contributed by atoms with Gasteiger partial charge in [0.1, 0.15) is 17.9 Å². The Hall–Kier alpha value is -3.64. The molecule has 0 unspecified atom stereocenters. The van der Waals surface area contributed by atoms with E-state index < -0.39 is 0 Å². The Morgan fingerprint density at radius 2 is 1.61 bits per heavy atom. The normalized spacial score (nSPS) is 10.9. The van der Waals surface area contributed by atoms with Crippen LogP contribution in [0.2, 0.25) is 0 Å². The number of para-hydroxylation sites is 2. The van der Waals surface area contributed by atoms with Crippen molar-refractivity contribution < 1.29 is 4.74 Å². The highest BCUT2D eigenvalue weighted by molar-refractivity contribution is 9.10. The number of anilines is 2. The van der Waals surface area contributed by atoms with Crippen molar-refractivity contribution in [2.24, 2.45) is 0 Å². The van der Waals surface area contributed by atoms with Crippen LogP contribution in [0.1, 0.15) is 0 Å². The van der Waals surface area contributed by atoms with E-state index in [0.29, 0.717) is 0 Å². The first-order valence-corrected chi connectivity index (χ1v) is 10.6. The van der Waals surface area contributed by atoms with Gasteiger partial charge in [-0.25, -0.2) is 9.97 Å². The molecule has 0 spiro atoms. The molecule has 0 saturated heterocycles. The largest absolute Gasteiger partial charge is 0.495 e. The van der Waals surface area contributed by atoms with Crippen molar-refractivity contribution in [1.29, 1.82) is 0 Å². The van der Waals surface area contributed by atoms with Gasteiger partial charge in [-0.3, -0.25) is 0 Å². The molecule has 0 aliphatic carbocycles. The number of fused-ring (bicyclic) bond motifs is 1. The van der Waals surface area contributed by atoms with Crippen LogP contribution in [0.4, 0.5) is 11.5 Å². The highest BCUT2D eigenvalue weighted by Crippen LogP contribution is 2.37. The molecule has 152 valence electrons. The average Bonchev–Trinajstić information content (AvgIpc) is 3.21. The maximum Gasteiger partial charge on any atom is 0.150 e. The quantitative estimate of drug-likeness (QED) is 0.314. The number of methoxy groups -OCH3 is 1. The summed E-state index contributed by atoms with van der Waals surface area (Å²) in [6.07, 6.45) is 3.70. The zero-order chi connectivity index (χ0) is 21.2. The van der Waals surface area contributed by atoms with Crippen molar-refractivity contribution in [3.05, 3.63) is 95.9 Å². The van der Waals surface area contributed by atoms with Crippen LogP contribution in [0.3, 0.4) is 0 Å². The average molecular weight is 471 g/mol. The van der Waals surface area contributed by atoms with Crippen molar-refractivity contribution in [3.63, 3.8) is 0 Å². The van der Waals surface area contributed by atoms with Gasteiger partial charge in [-0.2, -0.15) is 0 Å². The summed E-state index contributed by atoms with van der Waals surface area (Å²) in [7, 11) is 1.66. The topological polar surface area (TPSA) is 52.0 Å². The third-order valence-corrected chi connectivity index (χ3v) is 5.66. The molecule has 0 radical (unpaired) electrons. The molecule has 0 atom stereocenters. The Labute approximate surface area is 188 Å². The number of ether oxygens (including phenoxy) is 1. The number of aromatic nitrogens is 3. The SMILES string of the molecule is COc1ccccc1Nc1ncnc2c1c(-c1ccccc1)cn2-c1ccc(Br)cc1. The molecular weight excluding hydrogens is 452 g/mol. The van der Waals surface area contributed by atoms with Gasteiger partial charge in [0.05, 0.1) is 18.2 Å². The Balaban J connectivity index is 1.75. The molecule has 5 rings (SSSR count). The number of hydrogen-bond acceptors (Lipinski definition) is 4. The van der Waals surface area contributed by atoms with Gasteiger partial charge in [-0.15, -0.1) is 0 Å². The molecular formula is C25H19BrN4O. The number of halogens is 1. The zero-order valence-electron chi connectivity index (χ0n) is 16.8. The summed E-state index contributed by atoms with van der Waals surface area (Å²) in [6, 6.07) is 26.3. The predicted molar refractivity (Wildman–Crippen MR) is 128 cm³/mol. The highest BCUT2D eigenvalue weighted by Gasteiger charge is 2.18.